The monoisotopic (exact) mass is 230 g/mol. The fourth-order valence-corrected chi connectivity index (χ4v) is 2.25. The lowest BCUT2D eigenvalue weighted by atomic mass is 9.71. The van der Waals surface area contributed by atoms with Gasteiger partial charge in [-0.25, -0.2) is 8.78 Å². The fraction of sp³-hybridized carbons (Fsp3) is 0.800. The third-order valence-corrected chi connectivity index (χ3v) is 3.48. The van der Waals surface area contributed by atoms with Gasteiger partial charge in [-0.3, -0.25) is 4.68 Å². The van der Waals surface area contributed by atoms with E-state index in [0.29, 0.717) is 19.4 Å². The summed E-state index contributed by atoms with van der Waals surface area (Å²) in [6.07, 6.45) is 2.32. The Kier molecular flexibility index (Phi) is 2.69. The van der Waals surface area contributed by atoms with E-state index in [1.54, 1.807) is 17.9 Å². The highest BCUT2D eigenvalue weighted by Gasteiger charge is 2.44. The number of hydrogen-bond donors (Lipinski definition) is 1. The Bertz CT molecular complexity index is 365. The molecule has 1 fully saturated rings. The van der Waals surface area contributed by atoms with E-state index < -0.39 is 11.3 Å². The minimum absolute atomic E-state index is 0.110. The zero-order chi connectivity index (χ0) is 11.8. The minimum atomic E-state index is -2.54. The highest BCUT2D eigenvalue weighted by Crippen LogP contribution is 2.44. The van der Waals surface area contributed by atoms with E-state index in [1.165, 1.54) is 0 Å². The van der Waals surface area contributed by atoms with Crippen molar-refractivity contribution in [3.63, 3.8) is 0 Å². The van der Waals surface area contributed by atoms with Crippen LogP contribution in [0.4, 0.5) is 8.78 Å². The van der Waals surface area contributed by atoms with Gasteiger partial charge in [0.15, 0.2) is 0 Å². The van der Waals surface area contributed by atoms with Crippen LogP contribution in [0.3, 0.4) is 0 Å². The van der Waals surface area contributed by atoms with Crippen molar-refractivity contribution >= 4 is 0 Å². The average Bonchev–Trinajstić information content (AvgIpc) is 2.66. The first kappa shape index (κ1) is 11.4. The molecule has 2 rings (SSSR count). The van der Waals surface area contributed by atoms with Crippen LogP contribution in [0.25, 0.3) is 0 Å². The molecule has 0 aromatic carbocycles. The van der Waals surface area contributed by atoms with E-state index in [9.17, 15) is 8.78 Å². The first-order valence-electron chi connectivity index (χ1n) is 5.42. The second-order valence-corrected chi connectivity index (χ2v) is 4.62. The summed E-state index contributed by atoms with van der Waals surface area (Å²) in [5.41, 5.74) is 6.08. The summed E-state index contributed by atoms with van der Waals surface area (Å²) in [6, 6.07) is 0. The van der Waals surface area contributed by atoms with Gasteiger partial charge in [0, 0.05) is 38.0 Å². The smallest absolute Gasteiger partial charge is 0.248 e. The van der Waals surface area contributed by atoms with Crippen molar-refractivity contribution in [2.24, 2.45) is 12.8 Å². The molecule has 0 amide bonds. The highest BCUT2D eigenvalue weighted by molar-refractivity contribution is 5.15. The van der Waals surface area contributed by atoms with Crippen LogP contribution in [-0.2, 0) is 12.5 Å². The number of rotatable bonds is 2. The van der Waals surface area contributed by atoms with Gasteiger partial charge in [-0.05, 0) is 12.8 Å². The number of aromatic nitrogens is 3. The largest absolute Gasteiger partial charge is 0.330 e. The quantitative estimate of drug-likeness (QED) is 0.831. The molecule has 0 radical (unpaired) electrons. The van der Waals surface area contributed by atoms with Gasteiger partial charge in [-0.15, -0.1) is 5.10 Å². The molecule has 0 bridgehead atoms. The van der Waals surface area contributed by atoms with Gasteiger partial charge in [0.2, 0.25) is 5.92 Å². The summed E-state index contributed by atoms with van der Waals surface area (Å²) in [4.78, 5) is 0. The highest BCUT2D eigenvalue weighted by atomic mass is 19.3. The first-order chi connectivity index (χ1) is 7.47. The normalized spacial score (nSPS) is 23.2. The maximum Gasteiger partial charge on any atom is 0.248 e. The summed E-state index contributed by atoms with van der Waals surface area (Å²) in [6.45, 7) is 0.349. The van der Waals surface area contributed by atoms with Crippen molar-refractivity contribution in [2.45, 2.75) is 37.0 Å². The molecule has 90 valence electrons. The number of hydrogen-bond acceptors (Lipinski definition) is 3. The van der Waals surface area contributed by atoms with Crippen LogP contribution in [0.2, 0.25) is 0 Å². The van der Waals surface area contributed by atoms with E-state index in [2.05, 4.69) is 10.3 Å². The van der Waals surface area contributed by atoms with Crippen LogP contribution in [0.1, 0.15) is 31.4 Å². The number of aryl methyl sites for hydroxylation is 1. The van der Waals surface area contributed by atoms with Gasteiger partial charge < -0.3 is 5.73 Å². The van der Waals surface area contributed by atoms with Crippen LogP contribution in [0, 0.1) is 0 Å². The molecule has 1 aliphatic carbocycles. The number of nitrogens with two attached hydrogens (primary N) is 1. The SMILES string of the molecule is Cn1cc(C2(CN)CCC(F)(F)CC2)nn1. The molecule has 0 unspecified atom stereocenters. The van der Waals surface area contributed by atoms with Gasteiger partial charge in [0.25, 0.3) is 0 Å². The summed E-state index contributed by atoms with van der Waals surface area (Å²) in [5.74, 6) is -2.54. The van der Waals surface area contributed by atoms with Crippen molar-refractivity contribution in [3.05, 3.63) is 11.9 Å². The molecule has 0 atom stereocenters. The van der Waals surface area contributed by atoms with Crippen LogP contribution in [-0.4, -0.2) is 27.5 Å². The van der Waals surface area contributed by atoms with Crippen LogP contribution < -0.4 is 5.73 Å². The van der Waals surface area contributed by atoms with E-state index >= 15 is 0 Å². The lowest BCUT2D eigenvalue weighted by Gasteiger charge is -2.37. The lowest BCUT2D eigenvalue weighted by molar-refractivity contribution is -0.0514. The van der Waals surface area contributed by atoms with Crippen molar-refractivity contribution in [1.29, 1.82) is 0 Å². The summed E-state index contributed by atoms with van der Waals surface area (Å²) >= 11 is 0. The van der Waals surface area contributed by atoms with Crippen LogP contribution in [0.15, 0.2) is 6.20 Å². The maximum atomic E-state index is 13.1. The van der Waals surface area contributed by atoms with Gasteiger partial charge in [0.1, 0.15) is 0 Å². The zero-order valence-corrected chi connectivity index (χ0v) is 9.29. The zero-order valence-electron chi connectivity index (χ0n) is 9.29. The first-order valence-corrected chi connectivity index (χ1v) is 5.42. The summed E-state index contributed by atoms with van der Waals surface area (Å²) in [5, 5.41) is 7.86. The third-order valence-electron chi connectivity index (χ3n) is 3.48. The molecular weight excluding hydrogens is 214 g/mol. The Morgan fingerprint density at radius 2 is 2.00 bits per heavy atom. The predicted molar refractivity (Wildman–Crippen MR) is 55.2 cm³/mol. The average molecular weight is 230 g/mol. The molecule has 0 saturated heterocycles. The number of alkyl halides is 2. The van der Waals surface area contributed by atoms with Gasteiger partial charge in [-0.2, -0.15) is 0 Å². The second-order valence-electron chi connectivity index (χ2n) is 4.62. The van der Waals surface area contributed by atoms with E-state index in [-0.39, 0.29) is 12.8 Å². The van der Waals surface area contributed by atoms with Crippen LogP contribution >= 0.6 is 0 Å². The molecule has 1 aliphatic rings. The van der Waals surface area contributed by atoms with E-state index in [1.807, 2.05) is 0 Å². The topological polar surface area (TPSA) is 56.7 Å². The Balaban J connectivity index is 2.22. The minimum Gasteiger partial charge on any atom is -0.330 e. The standard InChI is InChI=1S/C10H16F2N4/c1-16-6-8(14-15-16)9(7-13)2-4-10(11,12)5-3-9/h6H,2-5,7,13H2,1H3. The molecule has 1 aromatic heterocycles. The van der Waals surface area contributed by atoms with Crippen molar-refractivity contribution in [2.75, 3.05) is 6.54 Å². The Morgan fingerprint density at radius 1 is 1.38 bits per heavy atom. The maximum absolute atomic E-state index is 13.1. The molecule has 0 aliphatic heterocycles. The van der Waals surface area contributed by atoms with Gasteiger partial charge in [0.05, 0.1) is 5.69 Å². The molecule has 1 heterocycles. The summed E-state index contributed by atoms with van der Waals surface area (Å²) in [7, 11) is 1.76. The second kappa shape index (κ2) is 3.76. The molecule has 4 nitrogen and oxygen atoms in total. The molecule has 6 heteroatoms. The third kappa shape index (κ3) is 1.93. The lowest BCUT2D eigenvalue weighted by Crippen LogP contribution is -2.42. The molecule has 0 spiro atoms. The van der Waals surface area contributed by atoms with E-state index in [0.717, 1.165) is 5.69 Å². The Hall–Kier alpha value is -1.04. The molecule has 1 aromatic rings. The van der Waals surface area contributed by atoms with Crippen molar-refractivity contribution in [3.8, 4) is 0 Å². The number of nitrogens with zero attached hydrogens (tertiary/aromatic N) is 3. The number of halogens is 2. The predicted octanol–water partition coefficient (Wildman–Crippen LogP) is 1.22. The van der Waals surface area contributed by atoms with E-state index in [4.69, 9.17) is 5.73 Å². The molecular formula is C10H16F2N4. The van der Waals surface area contributed by atoms with Crippen molar-refractivity contribution in [1.82, 2.24) is 15.0 Å². The van der Waals surface area contributed by atoms with Crippen LogP contribution in [0.5, 0.6) is 0 Å². The van der Waals surface area contributed by atoms with Gasteiger partial charge >= 0.3 is 0 Å². The fourth-order valence-electron chi connectivity index (χ4n) is 2.25. The Labute approximate surface area is 92.8 Å². The van der Waals surface area contributed by atoms with Gasteiger partial charge in [-0.1, -0.05) is 5.21 Å². The molecule has 16 heavy (non-hydrogen) atoms. The molecule has 1 saturated carbocycles. The summed E-state index contributed by atoms with van der Waals surface area (Å²) < 4.78 is 27.8. The van der Waals surface area contributed by atoms with Crippen molar-refractivity contribution < 1.29 is 8.78 Å². The Morgan fingerprint density at radius 3 is 2.44 bits per heavy atom. The molecule has 2 N–H and O–H groups in total.